The molecular formula is C23H28F2N4O2S. The fourth-order valence-corrected chi connectivity index (χ4v) is 5.65. The number of hydrogen-bond acceptors (Lipinski definition) is 7. The van der Waals surface area contributed by atoms with Crippen LogP contribution in [0, 0.1) is 10.9 Å². The van der Waals surface area contributed by atoms with Crippen LogP contribution in [0.15, 0.2) is 18.3 Å². The second-order valence-electron chi connectivity index (χ2n) is 8.62. The minimum atomic E-state index is -1.01. The Kier molecular flexibility index (Phi) is 6.85. The van der Waals surface area contributed by atoms with Crippen LogP contribution in [0.25, 0.3) is 0 Å². The molecule has 1 aromatic heterocycles. The number of aldehydes is 1. The number of hydrogen-bond donors (Lipinski definition) is 2. The van der Waals surface area contributed by atoms with E-state index in [1.54, 1.807) is 6.07 Å². The van der Waals surface area contributed by atoms with E-state index >= 15 is 4.39 Å². The number of Topliss-reactive ketones (excluding diaryl/α,β-unsaturated/α-hetero) is 1. The molecule has 0 aliphatic carbocycles. The summed E-state index contributed by atoms with van der Waals surface area (Å²) in [5, 5.41) is 5.92. The van der Waals surface area contributed by atoms with Gasteiger partial charge in [-0.1, -0.05) is 24.3 Å². The van der Waals surface area contributed by atoms with E-state index in [-0.39, 0.29) is 23.4 Å². The standard InChI is InChI=1S/C23H28F2N4O2S/c1-2-15-9-16(10-19(20(31)13-30)28-22-26-12-21(25)32-22)17(24)11-18(15)27-14-23-5-3-7-29(23)8-4-6-23/h9,11-13,19,27H,2-8,10,14H2,1H3,(H,26,28). The summed E-state index contributed by atoms with van der Waals surface area (Å²) in [5.41, 5.74) is 2.24. The average Bonchev–Trinajstić information content (AvgIpc) is 3.48. The maximum atomic E-state index is 15.1. The van der Waals surface area contributed by atoms with Gasteiger partial charge in [-0.2, -0.15) is 4.39 Å². The van der Waals surface area contributed by atoms with Crippen molar-refractivity contribution in [3.05, 3.63) is 40.4 Å². The van der Waals surface area contributed by atoms with Gasteiger partial charge >= 0.3 is 0 Å². The van der Waals surface area contributed by atoms with Crippen molar-refractivity contribution in [1.82, 2.24) is 9.88 Å². The zero-order chi connectivity index (χ0) is 22.7. The zero-order valence-electron chi connectivity index (χ0n) is 18.1. The van der Waals surface area contributed by atoms with E-state index in [9.17, 15) is 14.0 Å². The van der Waals surface area contributed by atoms with Crippen LogP contribution in [0.3, 0.4) is 0 Å². The third kappa shape index (κ3) is 4.68. The molecule has 0 saturated carbocycles. The summed E-state index contributed by atoms with van der Waals surface area (Å²) in [6.07, 6.45) is 6.64. The van der Waals surface area contributed by atoms with Gasteiger partial charge in [-0.05, 0) is 62.4 Å². The molecule has 1 aromatic carbocycles. The first-order chi connectivity index (χ1) is 15.4. The third-order valence-electron chi connectivity index (χ3n) is 6.73. The number of halogens is 2. The molecule has 172 valence electrons. The molecule has 6 nitrogen and oxygen atoms in total. The lowest BCUT2D eigenvalue weighted by Crippen LogP contribution is -2.44. The highest BCUT2D eigenvalue weighted by molar-refractivity contribution is 7.14. The smallest absolute Gasteiger partial charge is 0.217 e. The number of aryl methyl sites for hydroxylation is 1. The third-order valence-corrected chi connectivity index (χ3v) is 7.45. The molecule has 2 aliphatic rings. The first-order valence-electron chi connectivity index (χ1n) is 11.1. The number of ketones is 1. The van der Waals surface area contributed by atoms with Crippen molar-refractivity contribution in [1.29, 1.82) is 0 Å². The fraction of sp³-hybridized carbons (Fsp3) is 0.522. The molecule has 0 amide bonds. The highest BCUT2D eigenvalue weighted by atomic mass is 32.1. The van der Waals surface area contributed by atoms with Crippen LogP contribution >= 0.6 is 11.3 Å². The number of thiazole rings is 1. The van der Waals surface area contributed by atoms with Crippen molar-refractivity contribution in [3.63, 3.8) is 0 Å². The minimum Gasteiger partial charge on any atom is -0.383 e. The van der Waals surface area contributed by atoms with Crippen molar-refractivity contribution in [2.75, 3.05) is 30.3 Å². The number of carbonyl (C=O) groups is 2. The Labute approximate surface area is 190 Å². The van der Waals surface area contributed by atoms with Crippen molar-refractivity contribution in [2.45, 2.75) is 57.0 Å². The monoisotopic (exact) mass is 462 g/mol. The van der Waals surface area contributed by atoms with Gasteiger partial charge in [0.05, 0.1) is 12.2 Å². The minimum absolute atomic E-state index is 0.0321. The Hall–Kier alpha value is -2.39. The van der Waals surface area contributed by atoms with Gasteiger partial charge in [-0.25, -0.2) is 9.37 Å². The van der Waals surface area contributed by atoms with Gasteiger partial charge in [0, 0.05) is 24.2 Å². The highest BCUT2D eigenvalue weighted by Gasteiger charge is 2.43. The second kappa shape index (κ2) is 9.62. The SMILES string of the molecule is CCc1cc(CC(Nc2ncc(F)s2)C(=O)C=O)c(F)cc1NCC12CCCN1CCC2. The van der Waals surface area contributed by atoms with E-state index in [2.05, 4.69) is 20.5 Å². The summed E-state index contributed by atoms with van der Waals surface area (Å²) in [6, 6.07) is 2.23. The fourth-order valence-electron chi connectivity index (χ4n) is 5.05. The molecule has 0 bridgehead atoms. The van der Waals surface area contributed by atoms with E-state index < -0.39 is 22.8 Å². The van der Waals surface area contributed by atoms with Gasteiger partial charge in [0.1, 0.15) is 5.82 Å². The van der Waals surface area contributed by atoms with Gasteiger partial charge in [-0.15, -0.1) is 0 Å². The molecule has 4 rings (SSSR count). The molecule has 1 unspecified atom stereocenters. The summed E-state index contributed by atoms with van der Waals surface area (Å²) in [5.74, 6) is -1.17. The van der Waals surface area contributed by atoms with Gasteiger partial charge in [0.15, 0.2) is 16.5 Å². The molecule has 3 heterocycles. The molecule has 2 N–H and O–H groups in total. The lowest BCUT2D eigenvalue weighted by molar-refractivity contribution is -0.130. The van der Waals surface area contributed by atoms with Gasteiger partial charge < -0.3 is 10.6 Å². The van der Waals surface area contributed by atoms with Crippen molar-refractivity contribution in [2.24, 2.45) is 0 Å². The van der Waals surface area contributed by atoms with Crippen LogP contribution in [0.1, 0.15) is 43.7 Å². The van der Waals surface area contributed by atoms with Gasteiger partial charge in [-0.3, -0.25) is 14.5 Å². The predicted octanol–water partition coefficient (Wildman–Crippen LogP) is 3.82. The van der Waals surface area contributed by atoms with Crippen molar-refractivity contribution in [3.8, 4) is 0 Å². The summed E-state index contributed by atoms with van der Waals surface area (Å²) in [6.45, 7) is 5.07. The number of nitrogens with one attached hydrogen (secondary N) is 2. The number of benzene rings is 1. The summed E-state index contributed by atoms with van der Waals surface area (Å²) in [7, 11) is 0. The maximum Gasteiger partial charge on any atom is 0.217 e. The predicted molar refractivity (Wildman–Crippen MR) is 121 cm³/mol. The molecule has 32 heavy (non-hydrogen) atoms. The first-order valence-corrected chi connectivity index (χ1v) is 11.9. The Balaban J connectivity index is 1.51. The lowest BCUT2D eigenvalue weighted by Gasteiger charge is -2.33. The molecule has 2 aliphatic heterocycles. The molecule has 0 radical (unpaired) electrons. The highest BCUT2D eigenvalue weighted by Crippen LogP contribution is 2.39. The van der Waals surface area contributed by atoms with Crippen LogP contribution in [0.4, 0.5) is 19.6 Å². The molecular weight excluding hydrogens is 434 g/mol. The topological polar surface area (TPSA) is 74.3 Å². The van der Waals surface area contributed by atoms with E-state index in [0.29, 0.717) is 12.0 Å². The van der Waals surface area contributed by atoms with Crippen LogP contribution in [0.2, 0.25) is 0 Å². The summed E-state index contributed by atoms with van der Waals surface area (Å²) in [4.78, 5) is 29.6. The summed E-state index contributed by atoms with van der Waals surface area (Å²) < 4.78 is 28.3. The molecule has 2 fully saturated rings. The number of anilines is 2. The quantitative estimate of drug-likeness (QED) is 0.413. The Morgan fingerprint density at radius 2 is 2.03 bits per heavy atom. The molecule has 9 heteroatoms. The van der Waals surface area contributed by atoms with Gasteiger partial charge in [0.25, 0.3) is 0 Å². The number of fused-ring (bicyclic) bond motifs is 1. The van der Waals surface area contributed by atoms with Crippen molar-refractivity contribution < 1.29 is 18.4 Å². The largest absolute Gasteiger partial charge is 0.383 e. The number of carbonyl (C=O) groups excluding carboxylic acids is 2. The second-order valence-corrected chi connectivity index (χ2v) is 9.60. The first kappa shape index (κ1) is 22.8. The Bertz CT molecular complexity index is 986. The van der Waals surface area contributed by atoms with E-state index in [1.165, 1.54) is 31.7 Å². The number of nitrogens with zero attached hydrogens (tertiary/aromatic N) is 2. The number of aromatic nitrogens is 1. The molecule has 1 atom stereocenters. The summed E-state index contributed by atoms with van der Waals surface area (Å²) >= 11 is 0.730. The molecule has 2 aromatic rings. The zero-order valence-corrected chi connectivity index (χ0v) is 18.9. The van der Waals surface area contributed by atoms with Crippen LogP contribution in [-0.2, 0) is 22.4 Å². The van der Waals surface area contributed by atoms with Gasteiger partial charge in [0.2, 0.25) is 5.78 Å². The Morgan fingerprint density at radius 1 is 1.28 bits per heavy atom. The lowest BCUT2D eigenvalue weighted by atomic mass is 9.93. The van der Waals surface area contributed by atoms with Crippen LogP contribution < -0.4 is 10.6 Å². The van der Waals surface area contributed by atoms with Crippen molar-refractivity contribution >= 4 is 34.2 Å². The molecule has 0 spiro atoms. The number of rotatable bonds is 10. The Morgan fingerprint density at radius 3 is 2.66 bits per heavy atom. The van der Waals surface area contributed by atoms with E-state index in [4.69, 9.17) is 0 Å². The maximum absolute atomic E-state index is 15.1. The molecule has 2 saturated heterocycles. The van der Waals surface area contributed by atoms with E-state index in [1.807, 2.05) is 6.92 Å². The van der Waals surface area contributed by atoms with Crippen LogP contribution in [-0.4, -0.2) is 53.2 Å². The average molecular weight is 463 g/mol. The normalized spacial score (nSPS) is 18.3. The van der Waals surface area contributed by atoms with E-state index in [0.717, 1.165) is 48.4 Å². The van der Waals surface area contributed by atoms with Crippen LogP contribution in [0.5, 0.6) is 0 Å².